The third-order valence-corrected chi connectivity index (χ3v) is 2.25. The molecule has 82 valence electrons. The zero-order valence-electron chi connectivity index (χ0n) is 7.91. The smallest absolute Gasteiger partial charge is 0.254 e. The SMILES string of the molecule is O=c1cc(Oc2cc(Br)ccc2F)nc[nH]1. The van der Waals surface area contributed by atoms with Gasteiger partial charge in [-0.25, -0.2) is 9.37 Å². The van der Waals surface area contributed by atoms with Crippen LogP contribution in [0.4, 0.5) is 4.39 Å². The van der Waals surface area contributed by atoms with Crippen LogP contribution < -0.4 is 10.3 Å². The normalized spacial score (nSPS) is 10.1. The average molecular weight is 285 g/mol. The molecule has 0 saturated carbocycles. The third-order valence-electron chi connectivity index (χ3n) is 1.76. The largest absolute Gasteiger partial charge is 0.436 e. The Labute approximate surface area is 98.2 Å². The number of benzene rings is 1. The Hall–Kier alpha value is -1.69. The van der Waals surface area contributed by atoms with Crippen LogP contribution in [-0.2, 0) is 0 Å². The fourth-order valence-electron chi connectivity index (χ4n) is 1.07. The standard InChI is InChI=1S/C10H6BrFN2O2/c11-6-1-2-7(12)8(3-6)16-10-4-9(15)13-5-14-10/h1-5H,(H,13,14,15). The van der Waals surface area contributed by atoms with E-state index in [0.717, 1.165) is 6.07 Å². The zero-order valence-corrected chi connectivity index (χ0v) is 9.49. The highest BCUT2D eigenvalue weighted by Gasteiger charge is 2.06. The summed E-state index contributed by atoms with van der Waals surface area (Å²) in [6, 6.07) is 5.40. The van der Waals surface area contributed by atoms with Crippen molar-refractivity contribution < 1.29 is 9.13 Å². The van der Waals surface area contributed by atoms with Gasteiger partial charge in [-0.2, -0.15) is 0 Å². The van der Waals surface area contributed by atoms with Gasteiger partial charge in [0.1, 0.15) is 0 Å². The lowest BCUT2D eigenvalue weighted by Gasteiger charge is -2.05. The quantitative estimate of drug-likeness (QED) is 0.922. The van der Waals surface area contributed by atoms with Crippen molar-refractivity contribution in [2.24, 2.45) is 0 Å². The highest BCUT2D eigenvalue weighted by molar-refractivity contribution is 9.10. The van der Waals surface area contributed by atoms with E-state index in [4.69, 9.17) is 4.74 Å². The maximum Gasteiger partial charge on any atom is 0.254 e. The van der Waals surface area contributed by atoms with E-state index in [2.05, 4.69) is 25.9 Å². The van der Waals surface area contributed by atoms with Gasteiger partial charge in [0.2, 0.25) is 5.88 Å². The maximum absolute atomic E-state index is 13.3. The van der Waals surface area contributed by atoms with Crippen molar-refractivity contribution in [1.29, 1.82) is 0 Å². The minimum absolute atomic E-state index is 0.00692. The number of aromatic amines is 1. The van der Waals surface area contributed by atoms with Crippen molar-refractivity contribution in [3.8, 4) is 11.6 Å². The van der Waals surface area contributed by atoms with Gasteiger partial charge in [0, 0.05) is 4.47 Å². The zero-order chi connectivity index (χ0) is 11.5. The highest BCUT2D eigenvalue weighted by Crippen LogP contribution is 2.25. The second-order valence-electron chi connectivity index (χ2n) is 2.93. The molecule has 0 amide bonds. The second-order valence-corrected chi connectivity index (χ2v) is 3.84. The minimum atomic E-state index is -0.523. The summed E-state index contributed by atoms with van der Waals surface area (Å²) in [6.07, 6.45) is 1.19. The van der Waals surface area contributed by atoms with E-state index >= 15 is 0 Å². The Morgan fingerprint density at radius 2 is 2.19 bits per heavy atom. The van der Waals surface area contributed by atoms with Crippen LogP contribution in [0.25, 0.3) is 0 Å². The summed E-state index contributed by atoms with van der Waals surface area (Å²) in [6.45, 7) is 0. The van der Waals surface area contributed by atoms with E-state index in [1.54, 1.807) is 6.07 Å². The van der Waals surface area contributed by atoms with Crippen molar-refractivity contribution in [3.63, 3.8) is 0 Å². The molecule has 1 heterocycles. The molecular weight excluding hydrogens is 279 g/mol. The van der Waals surface area contributed by atoms with Crippen LogP contribution in [-0.4, -0.2) is 9.97 Å². The van der Waals surface area contributed by atoms with Crippen LogP contribution >= 0.6 is 15.9 Å². The predicted octanol–water partition coefficient (Wildman–Crippen LogP) is 2.46. The lowest BCUT2D eigenvalue weighted by Crippen LogP contribution is -2.04. The second kappa shape index (κ2) is 4.44. The monoisotopic (exact) mass is 284 g/mol. The van der Waals surface area contributed by atoms with Gasteiger partial charge in [-0.1, -0.05) is 15.9 Å². The van der Waals surface area contributed by atoms with Crippen molar-refractivity contribution in [2.75, 3.05) is 0 Å². The molecule has 0 fully saturated rings. The molecule has 0 atom stereocenters. The summed E-state index contributed by atoms with van der Waals surface area (Å²) >= 11 is 3.19. The molecule has 0 spiro atoms. The van der Waals surface area contributed by atoms with Crippen LogP contribution in [0.2, 0.25) is 0 Å². The summed E-state index contributed by atoms with van der Waals surface area (Å²) < 4.78 is 19.1. The molecule has 16 heavy (non-hydrogen) atoms. The van der Waals surface area contributed by atoms with Gasteiger partial charge in [0.05, 0.1) is 12.4 Å². The number of nitrogens with one attached hydrogen (secondary N) is 1. The number of H-pyrrole nitrogens is 1. The number of halogens is 2. The first-order valence-corrected chi connectivity index (χ1v) is 5.12. The molecule has 1 N–H and O–H groups in total. The Morgan fingerprint density at radius 1 is 1.38 bits per heavy atom. The molecule has 0 unspecified atom stereocenters. The van der Waals surface area contributed by atoms with E-state index in [1.165, 1.54) is 18.5 Å². The van der Waals surface area contributed by atoms with Crippen LogP contribution in [0.1, 0.15) is 0 Å². The number of aromatic nitrogens is 2. The number of hydrogen-bond acceptors (Lipinski definition) is 3. The van der Waals surface area contributed by atoms with Gasteiger partial charge >= 0.3 is 0 Å². The molecule has 0 bridgehead atoms. The number of ether oxygens (including phenoxy) is 1. The Morgan fingerprint density at radius 3 is 2.94 bits per heavy atom. The van der Waals surface area contributed by atoms with Crippen LogP contribution in [0.5, 0.6) is 11.6 Å². The molecular formula is C10H6BrFN2O2. The van der Waals surface area contributed by atoms with E-state index in [0.29, 0.717) is 4.47 Å². The Kier molecular flexibility index (Phi) is 3.00. The average Bonchev–Trinajstić information content (AvgIpc) is 2.24. The molecule has 0 aliphatic heterocycles. The molecule has 4 nitrogen and oxygen atoms in total. The third kappa shape index (κ3) is 2.46. The van der Waals surface area contributed by atoms with E-state index in [9.17, 15) is 9.18 Å². The molecule has 1 aromatic heterocycles. The van der Waals surface area contributed by atoms with Crippen molar-refractivity contribution >= 4 is 15.9 Å². The number of nitrogens with zero attached hydrogens (tertiary/aromatic N) is 1. The summed E-state index contributed by atoms with van der Waals surface area (Å²) in [7, 11) is 0. The van der Waals surface area contributed by atoms with Gasteiger partial charge in [0.25, 0.3) is 5.56 Å². The van der Waals surface area contributed by atoms with Crippen molar-refractivity contribution in [2.45, 2.75) is 0 Å². The van der Waals surface area contributed by atoms with Crippen molar-refractivity contribution in [1.82, 2.24) is 9.97 Å². The van der Waals surface area contributed by atoms with Crippen molar-refractivity contribution in [3.05, 3.63) is 51.2 Å². The van der Waals surface area contributed by atoms with Gasteiger partial charge in [-0.3, -0.25) is 4.79 Å². The predicted molar refractivity (Wildman–Crippen MR) is 59.0 cm³/mol. The highest BCUT2D eigenvalue weighted by atomic mass is 79.9. The topological polar surface area (TPSA) is 55.0 Å². The minimum Gasteiger partial charge on any atom is -0.436 e. The van der Waals surface area contributed by atoms with Crippen LogP contribution in [0, 0.1) is 5.82 Å². The van der Waals surface area contributed by atoms with Gasteiger partial charge in [-0.05, 0) is 18.2 Å². The summed E-state index contributed by atoms with van der Waals surface area (Å²) in [5.74, 6) is -0.474. The number of hydrogen-bond donors (Lipinski definition) is 1. The fourth-order valence-corrected chi connectivity index (χ4v) is 1.41. The molecule has 2 aromatic rings. The van der Waals surface area contributed by atoms with Gasteiger partial charge in [0.15, 0.2) is 11.6 Å². The molecule has 0 saturated heterocycles. The lowest BCUT2D eigenvalue weighted by atomic mass is 10.3. The lowest BCUT2D eigenvalue weighted by molar-refractivity contribution is 0.425. The molecule has 2 rings (SSSR count). The fraction of sp³-hybridized carbons (Fsp3) is 0. The Balaban J connectivity index is 2.33. The molecule has 0 aliphatic rings. The van der Waals surface area contributed by atoms with Crippen LogP contribution in [0.15, 0.2) is 39.9 Å². The molecule has 1 aromatic carbocycles. The van der Waals surface area contributed by atoms with E-state index < -0.39 is 5.82 Å². The first kappa shape index (κ1) is 10.8. The van der Waals surface area contributed by atoms with E-state index in [1.807, 2.05) is 0 Å². The van der Waals surface area contributed by atoms with E-state index in [-0.39, 0.29) is 17.2 Å². The summed E-state index contributed by atoms with van der Waals surface area (Å²) in [5.41, 5.74) is -0.361. The first-order chi connectivity index (χ1) is 7.65. The first-order valence-electron chi connectivity index (χ1n) is 4.33. The Bertz CT molecular complexity index is 571. The molecule has 0 aliphatic carbocycles. The van der Waals surface area contributed by atoms with Crippen LogP contribution in [0.3, 0.4) is 0 Å². The van der Waals surface area contributed by atoms with Gasteiger partial charge < -0.3 is 9.72 Å². The van der Waals surface area contributed by atoms with Gasteiger partial charge in [-0.15, -0.1) is 0 Å². The maximum atomic E-state index is 13.3. The number of rotatable bonds is 2. The summed E-state index contributed by atoms with van der Waals surface area (Å²) in [5, 5.41) is 0. The molecule has 6 heteroatoms. The molecule has 0 radical (unpaired) electrons. The summed E-state index contributed by atoms with van der Waals surface area (Å²) in [4.78, 5) is 17.0.